The first-order valence-corrected chi connectivity index (χ1v) is 9.53. The fourth-order valence-electron chi connectivity index (χ4n) is 3.74. The van der Waals surface area contributed by atoms with E-state index in [-0.39, 0.29) is 23.9 Å². The largest absolute Gasteiger partial charge is 0.416 e. The van der Waals surface area contributed by atoms with E-state index < -0.39 is 11.7 Å². The maximum Gasteiger partial charge on any atom is 0.416 e. The van der Waals surface area contributed by atoms with Crippen molar-refractivity contribution < 1.29 is 18.0 Å². The van der Waals surface area contributed by atoms with Crippen molar-refractivity contribution in [2.75, 3.05) is 25.0 Å². The summed E-state index contributed by atoms with van der Waals surface area (Å²) < 4.78 is 41.0. The normalized spacial score (nSPS) is 15.5. The molecule has 3 aromatic rings. The number of benzene rings is 1. The van der Waals surface area contributed by atoms with Gasteiger partial charge in [-0.05, 0) is 47.0 Å². The Hall–Kier alpha value is -3.24. The highest BCUT2D eigenvalue weighted by molar-refractivity contribution is 5.79. The number of aromatic nitrogens is 5. The highest BCUT2D eigenvalue weighted by atomic mass is 19.4. The molecule has 1 aliphatic rings. The standard InChI is InChI=1S/C19H20F3N7O/c1-27(12-14-4-2-3-5-15(14)19(20,21)22)18(30)13-8-10-28(11-9-13)17-7-6-16-23-25-26-29(16)24-17/h2-7,13H,8-12H2,1H3. The number of amides is 1. The smallest absolute Gasteiger partial charge is 0.355 e. The first-order valence-electron chi connectivity index (χ1n) is 9.53. The van der Waals surface area contributed by atoms with Gasteiger partial charge in [-0.25, -0.2) is 0 Å². The maximum absolute atomic E-state index is 13.2. The fourth-order valence-corrected chi connectivity index (χ4v) is 3.74. The number of carbonyl (C=O) groups is 1. The van der Waals surface area contributed by atoms with Crippen LogP contribution in [-0.4, -0.2) is 56.2 Å². The number of anilines is 1. The number of rotatable bonds is 4. The van der Waals surface area contributed by atoms with Crippen LogP contribution in [0.2, 0.25) is 0 Å². The lowest BCUT2D eigenvalue weighted by Crippen LogP contribution is -2.41. The molecule has 158 valence electrons. The van der Waals surface area contributed by atoms with Crippen LogP contribution in [0.3, 0.4) is 0 Å². The minimum Gasteiger partial charge on any atom is -0.355 e. The molecule has 1 aromatic carbocycles. The molecule has 1 saturated heterocycles. The SMILES string of the molecule is CN(Cc1ccccc1C(F)(F)F)C(=O)C1CCN(c2ccc3nnnn3n2)CC1. The summed E-state index contributed by atoms with van der Waals surface area (Å²) in [5, 5.41) is 15.5. The molecule has 1 aliphatic heterocycles. The molecule has 0 atom stereocenters. The molecule has 0 aliphatic carbocycles. The average molecular weight is 419 g/mol. The van der Waals surface area contributed by atoms with Gasteiger partial charge in [0.2, 0.25) is 5.91 Å². The first-order chi connectivity index (χ1) is 14.3. The monoisotopic (exact) mass is 419 g/mol. The van der Waals surface area contributed by atoms with Crippen LogP contribution in [0.5, 0.6) is 0 Å². The molecule has 2 aromatic heterocycles. The number of hydrogen-bond donors (Lipinski definition) is 0. The topological polar surface area (TPSA) is 79.5 Å². The lowest BCUT2D eigenvalue weighted by atomic mass is 9.95. The summed E-state index contributed by atoms with van der Waals surface area (Å²) in [7, 11) is 1.55. The van der Waals surface area contributed by atoms with Gasteiger partial charge in [0.15, 0.2) is 11.5 Å². The van der Waals surface area contributed by atoms with Crippen molar-refractivity contribution in [2.45, 2.75) is 25.6 Å². The molecule has 0 radical (unpaired) electrons. The number of nitrogens with zero attached hydrogens (tertiary/aromatic N) is 7. The summed E-state index contributed by atoms with van der Waals surface area (Å²) in [6, 6.07) is 8.95. The molecular formula is C19H20F3N7O. The Morgan fingerprint density at radius 2 is 1.90 bits per heavy atom. The van der Waals surface area contributed by atoms with Crippen LogP contribution in [0.4, 0.5) is 19.0 Å². The second-order valence-corrected chi connectivity index (χ2v) is 7.33. The Morgan fingerprint density at radius 3 is 2.63 bits per heavy atom. The zero-order valence-electron chi connectivity index (χ0n) is 16.2. The molecule has 0 saturated carbocycles. The Morgan fingerprint density at radius 1 is 1.17 bits per heavy atom. The molecule has 0 N–H and O–H groups in total. The van der Waals surface area contributed by atoms with Gasteiger partial charge >= 0.3 is 6.18 Å². The summed E-state index contributed by atoms with van der Waals surface area (Å²) in [6.07, 6.45) is -3.25. The van der Waals surface area contributed by atoms with Crippen LogP contribution in [0, 0.1) is 5.92 Å². The zero-order valence-corrected chi connectivity index (χ0v) is 16.2. The Balaban J connectivity index is 1.38. The van der Waals surface area contributed by atoms with Gasteiger partial charge in [0.05, 0.1) is 5.56 Å². The van der Waals surface area contributed by atoms with Gasteiger partial charge in [-0.15, -0.1) is 14.8 Å². The van der Waals surface area contributed by atoms with Crippen molar-refractivity contribution in [3.63, 3.8) is 0 Å². The van der Waals surface area contributed by atoms with Crippen LogP contribution >= 0.6 is 0 Å². The fraction of sp³-hybridized carbons (Fsp3) is 0.421. The van der Waals surface area contributed by atoms with E-state index in [4.69, 9.17) is 0 Å². The lowest BCUT2D eigenvalue weighted by Gasteiger charge is -2.33. The maximum atomic E-state index is 13.2. The first kappa shape index (κ1) is 20.0. The van der Waals surface area contributed by atoms with Crippen molar-refractivity contribution in [1.29, 1.82) is 0 Å². The van der Waals surface area contributed by atoms with E-state index >= 15 is 0 Å². The van der Waals surface area contributed by atoms with E-state index in [1.165, 1.54) is 21.7 Å². The Kier molecular flexibility index (Phi) is 5.27. The molecule has 3 heterocycles. The molecule has 0 spiro atoms. The van der Waals surface area contributed by atoms with Crippen LogP contribution in [-0.2, 0) is 17.5 Å². The molecule has 11 heteroatoms. The van der Waals surface area contributed by atoms with Crippen molar-refractivity contribution in [1.82, 2.24) is 30.2 Å². The number of halogens is 3. The molecule has 30 heavy (non-hydrogen) atoms. The number of tetrazole rings is 1. The minimum atomic E-state index is -4.44. The summed E-state index contributed by atoms with van der Waals surface area (Å²) in [5.41, 5.74) is -0.0645. The quantitative estimate of drug-likeness (QED) is 0.646. The molecule has 0 unspecified atom stereocenters. The molecule has 1 amide bonds. The number of alkyl halides is 3. The Labute approximate surface area is 170 Å². The van der Waals surface area contributed by atoms with E-state index in [1.54, 1.807) is 19.2 Å². The number of fused-ring (bicyclic) bond motifs is 1. The third kappa shape index (κ3) is 4.05. The lowest BCUT2D eigenvalue weighted by molar-refractivity contribution is -0.140. The van der Waals surface area contributed by atoms with Gasteiger partial charge in [-0.2, -0.15) is 13.2 Å². The second-order valence-electron chi connectivity index (χ2n) is 7.33. The third-order valence-corrected chi connectivity index (χ3v) is 5.33. The summed E-state index contributed by atoms with van der Waals surface area (Å²) in [5.74, 6) is 0.338. The van der Waals surface area contributed by atoms with Crippen molar-refractivity contribution >= 4 is 17.4 Å². The zero-order chi connectivity index (χ0) is 21.3. The van der Waals surface area contributed by atoms with E-state index in [1.807, 2.05) is 11.0 Å². The summed E-state index contributed by atoms with van der Waals surface area (Å²) in [4.78, 5) is 16.3. The van der Waals surface area contributed by atoms with Gasteiger partial charge in [0.1, 0.15) is 0 Å². The van der Waals surface area contributed by atoms with Gasteiger partial charge in [0, 0.05) is 32.6 Å². The van der Waals surface area contributed by atoms with Crippen LogP contribution in [0.15, 0.2) is 36.4 Å². The molecule has 4 rings (SSSR count). The molecule has 1 fully saturated rings. The predicted octanol–water partition coefficient (Wildman–Crippen LogP) is 2.41. The Bertz CT molecular complexity index is 1040. The van der Waals surface area contributed by atoms with E-state index in [9.17, 15) is 18.0 Å². The van der Waals surface area contributed by atoms with E-state index in [2.05, 4.69) is 20.6 Å². The number of piperidine rings is 1. The average Bonchev–Trinajstić information content (AvgIpc) is 3.21. The van der Waals surface area contributed by atoms with Gasteiger partial charge < -0.3 is 9.80 Å². The van der Waals surface area contributed by atoms with E-state index in [0.717, 1.165) is 6.07 Å². The molecular weight excluding hydrogens is 399 g/mol. The van der Waals surface area contributed by atoms with Gasteiger partial charge in [-0.3, -0.25) is 4.79 Å². The third-order valence-electron chi connectivity index (χ3n) is 5.33. The van der Waals surface area contributed by atoms with Crippen LogP contribution in [0.1, 0.15) is 24.0 Å². The second kappa shape index (κ2) is 7.88. The van der Waals surface area contributed by atoms with E-state index in [0.29, 0.717) is 37.4 Å². The molecule has 0 bridgehead atoms. The van der Waals surface area contributed by atoms with Crippen LogP contribution < -0.4 is 4.90 Å². The number of hydrogen-bond acceptors (Lipinski definition) is 6. The minimum absolute atomic E-state index is 0.0771. The number of carbonyl (C=O) groups excluding carboxylic acids is 1. The van der Waals surface area contributed by atoms with Crippen LogP contribution in [0.25, 0.3) is 5.65 Å². The molecule has 8 nitrogen and oxygen atoms in total. The van der Waals surface area contributed by atoms with Crippen molar-refractivity contribution in [2.24, 2.45) is 5.92 Å². The van der Waals surface area contributed by atoms with Gasteiger partial charge in [0.25, 0.3) is 0 Å². The van der Waals surface area contributed by atoms with Crippen molar-refractivity contribution in [3.8, 4) is 0 Å². The highest BCUT2D eigenvalue weighted by Gasteiger charge is 2.34. The highest BCUT2D eigenvalue weighted by Crippen LogP contribution is 2.32. The predicted molar refractivity (Wildman–Crippen MR) is 101 cm³/mol. The van der Waals surface area contributed by atoms with Gasteiger partial charge in [-0.1, -0.05) is 18.2 Å². The van der Waals surface area contributed by atoms with Crippen molar-refractivity contribution in [3.05, 3.63) is 47.5 Å². The summed E-state index contributed by atoms with van der Waals surface area (Å²) >= 11 is 0. The summed E-state index contributed by atoms with van der Waals surface area (Å²) in [6.45, 7) is 1.15.